The van der Waals surface area contributed by atoms with E-state index < -0.39 is 5.54 Å². The molecule has 1 N–H and O–H groups in total. The molecule has 1 aliphatic carbocycles. The molecule has 11 heavy (non-hydrogen) atoms. The first-order valence-electron chi connectivity index (χ1n) is 3.79. The summed E-state index contributed by atoms with van der Waals surface area (Å²) in [5, 5.41) is -0.354. The molecule has 0 aromatic heterocycles. The van der Waals surface area contributed by atoms with Crippen molar-refractivity contribution in [2.75, 3.05) is 0 Å². The molecule has 0 amide bonds. The van der Waals surface area contributed by atoms with Crippen molar-refractivity contribution in [1.82, 2.24) is 4.84 Å². The van der Waals surface area contributed by atoms with E-state index in [2.05, 4.69) is 4.84 Å². The molecule has 0 aromatic rings. The molecule has 0 unspecified atom stereocenters. The average molecular weight is 196 g/mol. The summed E-state index contributed by atoms with van der Waals surface area (Å²) in [4.78, 5) is 13.5. The lowest BCUT2D eigenvalue weighted by Gasteiger charge is -2.31. The zero-order chi connectivity index (χ0) is 8.32. The Hall–Kier alpha value is 0.210. The van der Waals surface area contributed by atoms with E-state index in [0.717, 1.165) is 25.7 Å². The maximum Gasteiger partial charge on any atom is 0.242 e. The lowest BCUT2D eigenvalue weighted by molar-refractivity contribution is -0.118. The molecule has 1 rings (SSSR count). The number of nitrogens with one attached hydrogen (secondary N) is 1. The van der Waals surface area contributed by atoms with Gasteiger partial charge in [0, 0.05) is 0 Å². The Morgan fingerprint density at radius 2 is 1.82 bits per heavy atom. The molecule has 2 nitrogen and oxygen atoms in total. The van der Waals surface area contributed by atoms with Gasteiger partial charge in [0.15, 0.2) is 0 Å². The highest BCUT2D eigenvalue weighted by atomic mass is 35.5. The monoisotopic (exact) mass is 195 g/mol. The Morgan fingerprint density at radius 3 is 2.09 bits per heavy atom. The van der Waals surface area contributed by atoms with Gasteiger partial charge in [-0.25, -0.2) is 4.84 Å². The van der Waals surface area contributed by atoms with Crippen LogP contribution in [-0.4, -0.2) is 10.8 Å². The summed E-state index contributed by atoms with van der Waals surface area (Å²) in [7, 11) is 0. The molecule has 0 aromatic carbocycles. The lowest BCUT2D eigenvalue weighted by atomic mass is 9.84. The Kier molecular flexibility index (Phi) is 3.16. The van der Waals surface area contributed by atoms with Crippen LogP contribution < -0.4 is 4.84 Å². The molecule has 1 fully saturated rings. The van der Waals surface area contributed by atoms with E-state index in [4.69, 9.17) is 23.4 Å². The zero-order valence-electron chi connectivity index (χ0n) is 6.20. The minimum atomic E-state index is -0.638. The first-order chi connectivity index (χ1) is 5.21. The summed E-state index contributed by atoms with van der Waals surface area (Å²) >= 11 is 10.9. The maximum atomic E-state index is 11.0. The van der Waals surface area contributed by atoms with Gasteiger partial charge in [-0.3, -0.25) is 4.79 Å². The maximum absolute atomic E-state index is 11.0. The van der Waals surface area contributed by atoms with Gasteiger partial charge in [-0.2, -0.15) is 0 Å². The van der Waals surface area contributed by atoms with Crippen molar-refractivity contribution < 1.29 is 4.79 Å². The smallest absolute Gasteiger partial charge is 0.242 e. The zero-order valence-corrected chi connectivity index (χ0v) is 7.71. The third-order valence-corrected chi connectivity index (χ3v) is 2.99. The van der Waals surface area contributed by atoms with Crippen LogP contribution in [0, 0.1) is 0 Å². The van der Waals surface area contributed by atoms with Crippen LogP contribution in [0.15, 0.2) is 0 Å². The molecule has 0 atom stereocenters. The first-order valence-corrected chi connectivity index (χ1v) is 4.55. The second kappa shape index (κ2) is 3.74. The predicted octanol–water partition coefficient (Wildman–Crippen LogP) is 2.20. The summed E-state index contributed by atoms with van der Waals surface area (Å²) in [6.45, 7) is 0. The molecular formula is C7H11Cl2NO. The van der Waals surface area contributed by atoms with Crippen molar-refractivity contribution in [2.24, 2.45) is 0 Å². The molecule has 64 valence electrons. The van der Waals surface area contributed by atoms with Gasteiger partial charge in [0.05, 0.1) is 0 Å². The third-order valence-electron chi connectivity index (χ3n) is 2.26. The molecule has 1 aliphatic rings. The van der Waals surface area contributed by atoms with Crippen molar-refractivity contribution in [2.45, 2.75) is 37.6 Å². The SMILES string of the molecule is O=C(Cl)C1(NCl)CCCCC1. The molecule has 1 saturated carbocycles. The normalized spacial score (nSPS) is 23.1. The van der Waals surface area contributed by atoms with Gasteiger partial charge in [-0.1, -0.05) is 19.3 Å². The number of rotatable bonds is 2. The Balaban J connectivity index is 2.64. The number of carbonyl (C=O) groups is 1. The number of carbonyl (C=O) groups excluding carboxylic acids is 1. The van der Waals surface area contributed by atoms with Crippen molar-refractivity contribution in [3.8, 4) is 0 Å². The van der Waals surface area contributed by atoms with Crippen LogP contribution in [0.2, 0.25) is 0 Å². The van der Waals surface area contributed by atoms with Crippen molar-refractivity contribution in [3.63, 3.8) is 0 Å². The average Bonchev–Trinajstić information content (AvgIpc) is 2.05. The highest BCUT2D eigenvalue weighted by Crippen LogP contribution is 2.30. The summed E-state index contributed by atoms with van der Waals surface area (Å²) < 4.78 is 0. The first kappa shape index (κ1) is 9.30. The third kappa shape index (κ3) is 1.86. The topological polar surface area (TPSA) is 29.1 Å². The van der Waals surface area contributed by atoms with Crippen LogP contribution in [0.5, 0.6) is 0 Å². The molecule has 0 saturated heterocycles. The van der Waals surface area contributed by atoms with Gasteiger partial charge in [-0.15, -0.1) is 0 Å². The van der Waals surface area contributed by atoms with Crippen LogP contribution in [0.25, 0.3) is 0 Å². The second-order valence-corrected chi connectivity index (χ2v) is 3.54. The van der Waals surface area contributed by atoms with E-state index in [1.807, 2.05) is 0 Å². The van der Waals surface area contributed by atoms with Gasteiger partial charge in [0.2, 0.25) is 5.24 Å². The summed E-state index contributed by atoms with van der Waals surface area (Å²) in [5.74, 6) is 0. The molecule has 0 aliphatic heterocycles. The number of hydrogen-bond donors (Lipinski definition) is 1. The van der Waals surface area contributed by atoms with E-state index in [1.54, 1.807) is 0 Å². The fourth-order valence-corrected chi connectivity index (χ4v) is 2.04. The Bertz CT molecular complexity index is 155. The van der Waals surface area contributed by atoms with E-state index in [9.17, 15) is 4.79 Å². The fraction of sp³-hybridized carbons (Fsp3) is 0.857. The number of hydrogen-bond acceptors (Lipinski definition) is 2. The van der Waals surface area contributed by atoms with Crippen LogP contribution >= 0.6 is 23.4 Å². The highest BCUT2D eigenvalue weighted by Gasteiger charge is 2.37. The van der Waals surface area contributed by atoms with Crippen LogP contribution in [0.4, 0.5) is 0 Å². The Labute approximate surface area is 76.4 Å². The Morgan fingerprint density at radius 1 is 1.27 bits per heavy atom. The minimum absolute atomic E-state index is 0.354. The fourth-order valence-electron chi connectivity index (χ4n) is 1.48. The van der Waals surface area contributed by atoms with Gasteiger partial charge in [0.25, 0.3) is 0 Å². The molecule has 0 radical (unpaired) electrons. The van der Waals surface area contributed by atoms with Gasteiger partial charge in [0.1, 0.15) is 5.54 Å². The van der Waals surface area contributed by atoms with Crippen LogP contribution in [-0.2, 0) is 4.79 Å². The predicted molar refractivity (Wildman–Crippen MR) is 45.7 cm³/mol. The van der Waals surface area contributed by atoms with Gasteiger partial charge in [-0.05, 0) is 36.2 Å². The molecule has 4 heteroatoms. The summed E-state index contributed by atoms with van der Waals surface area (Å²) in [5.41, 5.74) is -0.638. The standard InChI is InChI=1S/C7H11Cl2NO/c8-6(11)7(10-9)4-2-1-3-5-7/h10H,1-5H2. The van der Waals surface area contributed by atoms with Gasteiger partial charge >= 0.3 is 0 Å². The van der Waals surface area contributed by atoms with E-state index in [1.165, 1.54) is 6.42 Å². The van der Waals surface area contributed by atoms with Crippen LogP contribution in [0.1, 0.15) is 32.1 Å². The second-order valence-electron chi connectivity index (χ2n) is 3.01. The number of halogens is 2. The molecule has 0 bridgehead atoms. The molecular weight excluding hydrogens is 185 g/mol. The lowest BCUT2D eigenvalue weighted by Crippen LogP contribution is -2.47. The van der Waals surface area contributed by atoms with E-state index >= 15 is 0 Å². The summed E-state index contributed by atoms with van der Waals surface area (Å²) in [6.07, 6.45) is 4.75. The minimum Gasteiger partial charge on any atom is -0.279 e. The quantitative estimate of drug-likeness (QED) is 0.541. The largest absolute Gasteiger partial charge is 0.279 e. The van der Waals surface area contributed by atoms with Crippen molar-refractivity contribution >= 4 is 28.6 Å². The van der Waals surface area contributed by atoms with Gasteiger partial charge < -0.3 is 0 Å². The van der Waals surface area contributed by atoms with E-state index in [-0.39, 0.29) is 5.24 Å². The van der Waals surface area contributed by atoms with Crippen molar-refractivity contribution in [1.29, 1.82) is 0 Å². The van der Waals surface area contributed by atoms with E-state index in [0.29, 0.717) is 0 Å². The highest BCUT2D eigenvalue weighted by molar-refractivity contribution is 6.66. The van der Waals surface area contributed by atoms with Crippen LogP contribution in [0.3, 0.4) is 0 Å². The van der Waals surface area contributed by atoms with Crippen molar-refractivity contribution in [3.05, 3.63) is 0 Å². The molecule has 0 spiro atoms. The molecule has 0 heterocycles. The summed E-state index contributed by atoms with van der Waals surface area (Å²) in [6, 6.07) is 0.